The molecule has 6 heteroatoms. The Morgan fingerprint density at radius 3 is 3.00 bits per heavy atom. The van der Waals surface area contributed by atoms with Crippen LogP contribution in [0.3, 0.4) is 0 Å². The fourth-order valence-corrected chi connectivity index (χ4v) is 2.05. The maximum absolute atomic E-state index is 9.46. The van der Waals surface area contributed by atoms with Crippen molar-refractivity contribution < 1.29 is 9.63 Å². The Morgan fingerprint density at radius 2 is 2.28 bits per heavy atom. The van der Waals surface area contributed by atoms with Crippen molar-refractivity contribution in [1.29, 1.82) is 0 Å². The SMILES string of the molecule is Cc1cccc(-c2noc(C3CC(O)CN3)n2)n1. The Hall–Kier alpha value is -1.79. The molecule has 3 heterocycles. The van der Waals surface area contributed by atoms with Crippen LogP contribution in [-0.2, 0) is 0 Å². The van der Waals surface area contributed by atoms with Crippen molar-refractivity contribution in [1.82, 2.24) is 20.4 Å². The number of rotatable bonds is 2. The number of aliphatic hydroxyl groups is 1. The summed E-state index contributed by atoms with van der Waals surface area (Å²) < 4.78 is 5.22. The Labute approximate surface area is 104 Å². The number of nitrogens with zero attached hydrogens (tertiary/aromatic N) is 3. The zero-order chi connectivity index (χ0) is 12.5. The Kier molecular flexibility index (Phi) is 2.81. The third-order valence-corrected chi connectivity index (χ3v) is 2.96. The Morgan fingerprint density at radius 1 is 1.39 bits per heavy atom. The van der Waals surface area contributed by atoms with Gasteiger partial charge in [0, 0.05) is 12.2 Å². The largest absolute Gasteiger partial charge is 0.392 e. The summed E-state index contributed by atoms with van der Waals surface area (Å²) in [5.74, 6) is 0.988. The average Bonchev–Trinajstić information content (AvgIpc) is 2.97. The number of hydrogen-bond acceptors (Lipinski definition) is 6. The minimum absolute atomic E-state index is 0.0638. The summed E-state index contributed by atoms with van der Waals surface area (Å²) >= 11 is 0. The second kappa shape index (κ2) is 4.47. The molecule has 1 fully saturated rings. The zero-order valence-electron chi connectivity index (χ0n) is 10.00. The molecular formula is C12H14N4O2. The molecule has 2 unspecified atom stereocenters. The van der Waals surface area contributed by atoms with Gasteiger partial charge in [-0.25, -0.2) is 4.98 Å². The van der Waals surface area contributed by atoms with Gasteiger partial charge in [-0.3, -0.25) is 0 Å². The highest BCUT2D eigenvalue weighted by Crippen LogP contribution is 2.23. The first kappa shape index (κ1) is 11.3. The van der Waals surface area contributed by atoms with Gasteiger partial charge in [0.15, 0.2) is 0 Å². The number of aromatic nitrogens is 3. The summed E-state index contributed by atoms with van der Waals surface area (Å²) in [6.45, 7) is 2.48. The number of aryl methyl sites for hydroxylation is 1. The fourth-order valence-electron chi connectivity index (χ4n) is 2.05. The molecule has 0 aliphatic carbocycles. The van der Waals surface area contributed by atoms with Gasteiger partial charge < -0.3 is 14.9 Å². The van der Waals surface area contributed by atoms with E-state index < -0.39 is 0 Å². The Bertz CT molecular complexity index is 555. The molecule has 2 aromatic rings. The highest BCUT2D eigenvalue weighted by atomic mass is 16.5. The molecule has 1 aliphatic heterocycles. The van der Waals surface area contributed by atoms with Crippen molar-refractivity contribution in [3.63, 3.8) is 0 Å². The highest BCUT2D eigenvalue weighted by Gasteiger charge is 2.28. The summed E-state index contributed by atoms with van der Waals surface area (Å²) in [4.78, 5) is 8.67. The van der Waals surface area contributed by atoms with Gasteiger partial charge in [0.2, 0.25) is 11.7 Å². The van der Waals surface area contributed by atoms with Crippen molar-refractivity contribution in [2.45, 2.75) is 25.5 Å². The number of hydrogen-bond donors (Lipinski definition) is 2. The van der Waals surface area contributed by atoms with Crippen LogP contribution in [0, 0.1) is 6.92 Å². The number of nitrogens with one attached hydrogen (secondary N) is 1. The summed E-state index contributed by atoms with van der Waals surface area (Å²) in [7, 11) is 0. The maximum atomic E-state index is 9.46. The first-order valence-corrected chi connectivity index (χ1v) is 5.91. The lowest BCUT2D eigenvalue weighted by Crippen LogP contribution is -2.15. The quantitative estimate of drug-likeness (QED) is 0.816. The smallest absolute Gasteiger partial charge is 0.244 e. The van der Waals surface area contributed by atoms with E-state index >= 15 is 0 Å². The van der Waals surface area contributed by atoms with E-state index in [2.05, 4.69) is 20.4 Å². The van der Waals surface area contributed by atoms with Gasteiger partial charge in [0.1, 0.15) is 5.69 Å². The van der Waals surface area contributed by atoms with Crippen molar-refractivity contribution >= 4 is 0 Å². The molecule has 0 bridgehead atoms. The van der Waals surface area contributed by atoms with Gasteiger partial charge >= 0.3 is 0 Å². The Balaban J connectivity index is 1.85. The number of pyridine rings is 1. The summed E-state index contributed by atoms with van der Waals surface area (Å²) in [6.07, 6.45) is 0.255. The zero-order valence-corrected chi connectivity index (χ0v) is 10.00. The van der Waals surface area contributed by atoms with Crippen LogP contribution in [0.4, 0.5) is 0 Å². The van der Waals surface area contributed by atoms with Gasteiger partial charge in [-0.05, 0) is 25.5 Å². The predicted octanol–water partition coefficient (Wildman–Crippen LogP) is 0.835. The van der Waals surface area contributed by atoms with Crippen LogP contribution in [0.5, 0.6) is 0 Å². The molecule has 0 spiro atoms. The third kappa shape index (κ3) is 2.12. The van der Waals surface area contributed by atoms with E-state index in [1.54, 1.807) is 0 Å². The van der Waals surface area contributed by atoms with Gasteiger partial charge in [-0.1, -0.05) is 11.2 Å². The van der Waals surface area contributed by atoms with Crippen molar-refractivity contribution in [2.24, 2.45) is 0 Å². The van der Waals surface area contributed by atoms with E-state index in [9.17, 15) is 5.11 Å². The first-order chi connectivity index (χ1) is 8.72. The normalized spacial score (nSPS) is 23.4. The van der Waals surface area contributed by atoms with E-state index in [0.29, 0.717) is 30.4 Å². The highest BCUT2D eigenvalue weighted by molar-refractivity contribution is 5.48. The second-order valence-corrected chi connectivity index (χ2v) is 4.47. The van der Waals surface area contributed by atoms with E-state index in [1.807, 2.05) is 25.1 Å². The van der Waals surface area contributed by atoms with E-state index in [0.717, 1.165) is 5.69 Å². The lowest BCUT2D eigenvalue weighted by molar-refractivity contribution is 0.191. The third-order valence-electron chi connectivity index (χ3n) is 2.96. The van der Waals surface area contributed by atoms with Crippen LogP contribution in [0.15, 0.2) is 22.7 Å². The van der Waals surface area contributed by atoms with Gasteiger partial charge in [-0.15, -0.1) is 0 Å². The molecule has 18 heavy (non-hydrogen) atoms. The van der Waals surface area contributed by atoms with Gasteiger partial charge in [-0.2, -0.15) is 4.98 Å². The lowest BCUT2D eigenvalue weighted by atomic mass is 10.2. The molecule has 0 saturated carbocycles. The van der Waals surface area contributed by atoms with Crippen LogP contribution in [0.25, 0.3) is 11.5 Å². The molecule has 94 valence electrons. The molecule has 2 N–H and O–H groups in total. The summed E-state index contributed by atoms with van der Waals surface area (Å²) in [5.41, 5.74) is 1.61. The molecule has 3 rings (SSSR count). The summed E-state index contributed by atoms with van der Waals surface area (Å²) in [6, 6.07) is 5.61. The molecule has 0 amide bonds. The lowest BCUT2D eigenvalue weighted by Gasteiger charge is -2.01. The molecule has 2 atom stereocenters. The number of β-amino-alcohol motifs (C(OH)–C–C–N with tert-alkyl or cyclic N) is 1. The van der Waals surface area contributed by atoms with Crippen LogP contribution in [0.2, 0.25) is 0 Å². The van der Waals surface area contributed by atoms with Crippen LogP contribution < -0.4 is 5.32 Å². The summed E-state index contributed by atoms with van der Waals surface area (Å²) in [5, 5.41) is 16.5. The number of aliphatic hydroxyl groups excluding tert-OH is 1. The van der Waals surface area contributed by atoms with Gasteiger partial charge in [0.25, 0.3) is 0 Å². The van der Waals surface area contributed by atoms with E-state index in [-0.39, 0.29) is 12.1 Å². The van der Waals surface area contributed by atoms with Gasteiger partial charge in [0.05, 0.1) is 12.1 Å². The molecule has 1 saturated heterocycles. The molecular weight excluding hydrogens is 232 g/mol. The maximum Gasteiger partial charge on any atom is 0.244 e. The van der Waals surface area contributed by atoms with Crippen LogP contribution in [-0.4, -0.2) is 32.9 Å². The monoisotopic (exact) mass is 246 g/mol. The molecule has 2 aromatic heterocycles. The fraction of sp³-hybridized carbons (Fsp3) is 0.417. The predicted molar refractivity (Wildman–Crippen MR) is 63.6 cm³/mol. The molecule has 1 aliphatic rings. The minimum Gasteiger partial charge on any atom is -0.392 e. The standard InChI is InChI=1S/C12H14N4O2/c1-7-3-2-4-9(14-7)11-15-12(18-16-11)10-5-8(17)6-13-10/h2-4,8,10,13,17H,5-6H2,1H3. The van der Waals surface area contributed by atoms with Crippen LogP contribution in [0.1, 0.15) is 24.0 Å². The van der Waals surface area contributed by atoms with Crippen molar-refractivity contribution in [3.05, 3.63) is 29.8 Å². The second-order valence-electron chi connectivity index (χ2n) is 4.47. The topological polar surface area (TPSA) is 84.1 Å². The minimum atomic E-state index is -0.345. The molecule has 0 radical (unpaired) electrons. The first-order valence-electron chi connectivity index (χ1n) is 5.91. The van der Waals surface area contributed by atoms with E-state index in [4.69, 9.17) is 4.52 Å². The molecule has 0 aromatic carbocycles. The van der Waals surface area contributed by atoms with Crippen LogP contribution >= 0.6 is 0 Å². The van der Waals surface area contributed by atoms with Crippen molar-refractivity contribution in [3.8, 4) is 11.5 Å². The van der Waals surface area contributed by atoms with Crippen molar-refractivity contribution in [2.75, 3.05) is 6.54 Å². The van der Waals surface area contributed by atoms with E-state index in [1.165, 1.54) is 0 Å². The molecule has 6 nitrogen and oxygen atoms in total. The average molecular weight is 246 g/mol.